The van der Waals surface area contributed by atoms with E-state index in [0.717, 1.165) is 19.6 Å². The van der Waals surface area contributed by atoms with Gasteiger partial charge in [0, 0.05) is 26.7 Å². The highest BCUT2D eigenvalue weighted by atomic mass is 16.6. The quantitative estimate of drug-likeness (QED) is 0.210. The highest BCUT2D eigenvalue weighted by molar-refractivity contribution is 5.79. The van der Waals surface area contributed by atoms with Crippen LogP contribution in [0, 0.1) is 0 Å². The molecule has 1 aliphatic rings. The summed E-state index contributed by atoms with van der Waals surface area (Å²) in [7, 11) is 1.65. The lowest BCUT2D eigenvalue weighted by Crippen LogP contribution is -2.50. The lowest BCUT2D eigenvalue weighted by molar-refractivity contribution is -0.136. The van der Waals surface area contributed by atoms with Crippen molar-refractivity contribution >= 4 is 5.91 Å². The van der Waals surface area contributed by atoms with Gasteiger partial charge in [-0.15, -0.1) is 0 Å². The average molecular weight is 451 g/mol. The van der Waals surface area contributed by atoms with E-state index in [1.165, 1.54) is 0 Å². The predicted molar refractivity (Wildman–Crippen MR) is 115 cm³/mol. The minimum atomic E-state index is 0.185. The maximum atomic E-state index is 12.0. The SMILES string of the molecule is CCN1CCN(CCOCCOCCOCCOCCOCCOCCOC)C(=O)C1. The topological polar surface area (TPSA) is 88.2 Å². The molecule has 0 aliphatic carbocycles. The van der Waals surface area contributed by atoms with Crippen LogP contribution in [-0.2, 0) is 38.0 Å². The van der Waals surface area contributed by atoms with Gasteiger partial charge in [0.1, 0.15) is 0 Å². The molecule has 10 nitrogen and oxygen atoms in total. The fraction of sp³-hybridized carbons (Fsp3) is 0.952. The molecule has 0 atom stereocenters. The van der Waals surface area contributed by atoms with Gasteiger partial charge in [-0.05, 0) is 6.54 Å². The monoisotopic (exact) mass is 450 g/mol. The van der Waals surface area contributed by atoms with Gasteiger partial charge in [0.05, 0.1) is 92.4 Å². The van der Waals surface area contributed by atoms with Gasteiger partial charge in [-0.2, -0.15) is 0 Å². The molecule has 1 aliphatic heterocycles. The van der Waals surface area contributed by atoms with E-state index in [9.17, 15) is 4.79 Å². The van der Waals surface area contributed by atoms with Gasteiger partial charge in [-0.3, -0.25) is 9.69 Å². The third kappa shape index (κ3) is 16.4. The number of nitrogens with zero attached hydrogens (tertiary/aromatic N) is 2. The van der Waals surface area contributed by atoms with Crippen LogP contribution in [0.25, 0.3) is 0 Å². The summed E-state index contributed by atoms with van der Waals surface area (Å²) >= 11 is 0. The van der Waals surface area contributed by atoms with Crippen molar-refractivity contribution in [1.29, 1.82) is 0 Å². The van der Waals surface area contributed by atoms with E-state index in [1.54, 1.807) is 7.11 Å². The molecule has 1 fully saturated rings. The maximum Gasteiger partial charge on any atom is 0.236 e. The van der Waals surface area contributed by atoms with E-state index >= 15 is 0 Å². The number of ether oxygens (including phenoxy) is 7. The zero-order chi connectivity index (χ0) is 22.4. The summed E-state index contributed by atoms with van der Waals surface area (Å²) in [6.07, 6.45) is 0. The maximum absolute atomic E-state index is 12.0. The first-order valence-electron chi connectivity index (χ1n) is 11.2. The minimum absolute atomic E-state index is 0.185. The van der Waals surface area contributed by atoms with Crippen LogP contribution < -0.4 is 0 Å². The summed E-state index contributed by atoms with van der Waals surface area (Å²) in [5.41, 5.74) is 0. The second kappa shape index (κ2) is 21.0. The number of likely N-dealkylation sites (N-methyl/N-ethyl adjacent to an activating group) is 1. The van der Waals surface area contributed by atoms with Crippen molar-refractivity contribution in [3.63, 3.8) is 0 Å². The fourth-order valence-electron chi connectivity index (χ4n) is 2.78. The van der Waals surface area contributed by atoms with Crippen LogP contribution in [0.15, 0.2) is 0 Å². The molecule has 0 unspecified atom stereocenters. The van der Waals surface area contributed by atoms with Crippen molar-refractivity contribution in [2.75, 3.05) is 126 Å². The highest BCUT2D eigenvalue weighted by Gasteiger charge is 2.22. The van der Waals surface area contributed by atoms with Crippen molar-refractivity contribution in [2.45, 2.75) is 6.92 Å². The summed E-state index contributed by atoms with van der Waals surface area (Å²) in [6, 6.07) is 0. The molecular weight excluding hydrogens is 408 g/mol. The van der Waals surface area contributed by atoms with Crippen LogP contribution in [0.1, 0.15) is 6.92 Å². The molecule has 184 valence electrons. The van der Waals surface area contributed by atoms with Gasteiger partial charge in [0.25, 0.3) is 0 Å². The summed E-state index contributed by atoms with van der Waals surface area (Å²) in [5, 5.41) is 0. The Bertz CT molecular complexity index is 417. The van der Waals surface area contributed by atoms with Gasteiger partial charge in [0.2, 0.25) is 5.91 Å². The number of amides is 1. The van der Waals surface area contributed by atoms with Crippen LogP contribution in [0.3, 0.4) is 0 Å². The number of carbonyl (C=O) groups excluding carboxylic acids is 1. The molecule has 0 saturated carbocycles. The number of rotatable bonds is 22. The Morgan fingerprint density at radius 3 is 1.45 bits per heavy atom. The molecule has 1 rings (SSSR count). The lowest BCUT2D eigenvalue weighted by atomic mass is 10.3. The molecule has 0 aromatic rings. The van der Waals surface area contributed by atoms with Gasteiger partial charge in [-0.1, -0.05) is 6.92 Å². The Balaban J connectivity index is 1.72. The highest BCUT2D eigenvalue weighted by Crippen LogP contribution is 2.02. The van der Waals surface area contributed by atoms with Crippen molar-refractivity contribution in [3.8, 4) is 0 Å². The Labute approximate surface area is 187 Å². The number of hydrogen-bond donors (Lipinski definition) is 0. The van der Waals surface area contributed by atoms with Crippen LogP contribution in [0.5, 0.6) is 0 Å². The van der Waals surface area contributed by atoms with Gasteiger partial charge in [-0.25, -0.2) is 0 Å². The molecule has 1 amide bonds. The Morgan fingerprint density at radius 2 is 1.06 bits per heavy atom. The van der Waals surface area contributed by atoms with E-state index in [0.29, 0.717) is 99.0 Å². The molecule has 10 heteroatoms. The van der Waals surface area contributed by atoms with Crippen molar-refractivity contribution in [3.05, 3.63) is 0 Å². The van der Waals surface area contributed by atoms with Crippen LogP contribution in [0.2, 0.25) is 0 Å². The smallest absolute Gasteiger partial charge is 0.236 e. The molecule has 1 saturated heterocycles. The zero-order valence-corrected chi connectivity index (χ0v) is 19.4. The van der Waals surface area contributed by atoms with Gasteiger partial charge < -0.3 is 38.1 Å². The van der Waals surface area contributed by atoms with E-state index in [-0.39, 0.29) is 5.91 Å². The molecule has 0 radical (unpaired) electrons. The molecular formula is C21H42N2O8. The van der Waals surface area contributed by atoms with Crippen LogP contribution >= 0.6 is 0 Å². The number of methoxy groups -OCH3 is 1. The first kappa shape index (κ1) is 28.2. The van der Waals surface area contributed by atoms with Crippen molar-refractivity contribution < 1.29 is 38.0 Å². The number of hydrogen-bond acceptors (Lipinski definition) is 9. The van der Waals surface area contributed by atoms with Crippen molar-refractivity contribution in [1.82, 2.24) is 9.80 Å². The van der Waals surface area contributed by atoms with E-state index < -0.39 is 0 Å². The third-order valence-electron chi connectivity index (χ3n) is 4.64. The largest absolute Gasteiger partial charge is 0.382 e. The molecule has 0 spiro atoms. The minimum Gasteiger partial charge on any atom is -0.382 e. The summed E-state index contributed by atoms with van der Waals surface area (Å²) < 4.78 is 37.4. The molecule has 31 heavy (non-hydrogen) atoms. The fourth-order valence-corrected chi connectivity index (χ4v) is 2.78. The Kier molecular flexibility index (Phi) is 19.1. The number of carbonyl (C=O) groups is 1. The molecule has 0 aromatic carbocycles. The Morgan fingerprint density at radius 1 is 0.645 bits per heavy atom. The standard InChI is InChI=1S/C21H42N2O8/c1-3-22-4-5-23(21(24)20-22)6-7-26-10-11-28-14-15-30-18-19-31-17-16-29-13-12-27-9-8-25-2/h3-20H2,1-2H3. The van der Waals surface area contributed by atoms with E-state index in [4.69, 9.17) is 33.2 Å². The average Bonchev–Trinajstić information content (AvgIpc) is 2.78. The van der Waals surface area contributed by atoms with Gasteiger partial charge in [0.15, 0.2) is 0 Å². The normalized spacial score (nSPS) is 15.2. The van der Waals surface area contributed by atoms with E-state index in [2.05, 4.69) is 11.8 Å². The first-order valence-corrected chi connectivity index (χ1v) is 11.2. The summed E-state index contributed by atoms with van der Waals surface area (Å²) in [6.45, 7) is 12.9. The van der Waals surface area contributed by atoms with Crippen molar-refractivity contribution in [2.24, 2.45) is 0 Å². The van der Waals surface area contributed by atoms with Crippen LogP contribution in [-0.4, -0.2) is 141 Å². The third-order valence-corrected chi connectivity index (χ3v) is 4.64. The molecule has 0 aromatic heterocycles. The second-order valence-corrected chi connectivity index (χ2v) is 6.92. The zero-order valence-electron chi connectivity index (χ0n) is 19.4. The lowest BCUT2D eigenvalue weighted by Gasteiger charge is -2.33. The molecule has 1 heterocycles. The van der Waals surface area contributed by atoms with Gasteiger partial charge >= 0.3 is 0 Å². The Hall–Kier alpha value is -0.850. The van der Waals surface area contributed by atoms with Crippen LogP contribution in [0.4, 0.5) is 0 Å². The second-order valence-electron chi connectivity index (χ2n) is 6.92. The summed E-state index contributed by atoms with van der Waals surface area (Å²) in [5.74, 6) is 0.185. The van der Waals surface area contributed by atoms with E-state index in [1.807, 2.05) is 4.90 Å². The molecule has 0 N–H and O–H groups in total. The summed E-state index contributed by atoms with van der Waals surface area (Å²) in [4.78, 5) is 16.0. The molecule has 0 bridgehead atoms. The number of piperazine rings is 1. The first-order chi connectivity index (χ1) is 15.3. The predicted octanol–water partition coefficient (Wildman–Crippen LogP) is -0.103.